The number of aliphatic hydroxyl groups is 1. The summed E-state index contributed by atoms with van der Waals surface area (Å²) in [5.41, 5.74) is 3.87. The average Bonchev–Trinajstić information content (AvgIpc) is 2.61. The molecule has 1 aromatic rings. The zero-order valence-electron chi connectivity index (χ0n) is 9.02. The number of nitrogens with zero attached hydrogens (tertiary/aromatic N) is 2. The fourth-order valence-electron chi connectivity index (χ4n) is 0.976. The van der Waals surface area contributed by atoms with Crippen LogP contribution in [0.3, 0.4) is 0 Å². The van der Waals surface area contributed by atoms with Crippen LogP contribution in [0.1, 0.15) is 24.3 Å². The predicted molar refractivity (Wildman–Crippen MR) is 54.7 cm³/mol. The van der Waals surface area contributed by atoms with Crippen molar-refractivity contribution in [1.29, 1.82) is 0 Å². The summed E-state index contributed by atoms with van der Waals surface area (Å²) in [6, 6.07) is 1.61. The van der Waals surface area contributed by atoms with E-state index in [2.05, 4.69) is 16.5 Å². The number of primary amides is 1. The Morgan fingerprint density at radius 2 is 2.31 bits per heavy atom. The highest BCUT2D eigenvalue weighted by atomic mass is 16.3. The van der Waals surface area contributed by atoms with Crippen molar-refractivity contribution in [3.63, 3.8) is 0 Å². The molecule has 16 heavy (non-hydrogen) atoms. The molecule has 1 rings (SSSR count). The van der Waals surface area contributed by atoms with Crippen molar-refractivity contribution in [3.05, 3.63) is 18.0 Å². The number of amides is 2. The highest BCUT2D eigenvalue weighted by molar-refractivity contribution is 5.95. The van der Waals surface area contributed by atoms with E-state index in [0.717, 1.165) is 4.68 Å². The van der Waals surface area contributed by atoms with E-state index in [1.807, 2.05) is 0 Å². The van der Waals surface area contributed by atoms with Gasteiger partial charge >= 0.3 is 6.03 Å². The van der Waals surface area contributed by atoms with E-state index in [-0.39, 0.29) is 12.2 Å². The highest BCUT2D eigenvalue weighted by Crippen LogP contribution is 2.00. The molecule has 0 bridgehead atoms. The summed E-state index contributed by atoms with van der Waals surface area (Å²) in [5, 5.41) is 15.4. The highest BCUT2D eigenvalue weighted by Gasteiger charge is 2.18. The average molecular weight is 225 g/mol. The van der Waals surface area contributed by atoms with E-state index in [1.165, 1.54) is 6.20 Å². The van der Waals surface area contributed by atoms with Gasteiger partial charge in [-0.15, -0.1) is 0 Å². The fraction of sp³-hybridized carbons (Fsp3) is 0.444. The Balaban J connectivity index is 2.74. The van der Waals surface area contributed by atoms with Crippen molar-refractivity contribution in [2.24, 2.45) is 5.73 Å². The summed E-state index contributed by atoms with van der Waals surface area (Å²) < 4.78 is 0.736. The van der Waals surface area contributed by atoms with Gasteiger partial charge < -0.3 is 16.2 Å². The molecule has 7 nitrogen and oxygen atoms in total. The van der Waals surface area contributed by atoms with Gasteiger partial charge in [-0.2, -0.15) is 9.78 Å². The Kier molecular flexibility index (Phi) is 3.28. The lowest BCUT2D eigenvalue weighted by Gasteiger charge is -2.17. The summed E-state index contributed by atoms with van der Waals surface area (Å²) in [5.74, 6) is -0.571. The number of carbonyl (C=O) groups excluding carboxylic acids is 2. The lowest BCUT2D eigenvalue weighted by molar-refractivity contribution is 0.0690. The molecule has 0 saturated carbocycles. The topological polar surface area (TPSA) is 110 Å². The van der Waals surface area contributed by atoms with Gasteiger partial charge in [-0.25, -0.2) is 4.79 Å². The lowest BCUT2D eigenvalue weighted by Crippen LogP contribution is -2.39. The Morgan fingerprint density at radius 1 is 1.69 bits per heavy atom. The Bertz CT molecular complexity index is 405. The molecule has 0 unspecified atom stereocenters. The lowest BCUT2D eigenvalue weighted by atomic mass is 10.1. The number of hydrogen-bond donors (Lipinski definition) is 3. The summed E-state index contributed by atoms with van der Waals surface area (Å²) in [6.45, 7) is 3.13. The third kappa shape index (κ3) is 3.06. The summed E-state index contributed by atoms with van der Waals surface area (Å²) >= 11 is 0. The number of rotatable bonds is 3. The van der Waals surface area contributed by atoms with Gasteiger partial charge in [0.1, 0.15) is 5.69 Å². The second kappa shape index (κ2) is 4.31. The Labute approximate surface area is 92.2 Å². The summed E-state index contributed by atoms with van der Waals surface area (Å²) in [7, 11) is 0. The molecule has 1 radical (unpaired) electrons. The van der Waals surface area contributed by atoms with E-state index in [9.17, 15) is 14.7 Å². The number of nitrogens with two attached hydrogens (primary N) is 1. The van der Waals surface area contributed by atoms with E-state index in [4.69, 9.17) is 5.73 Å². The first kappa shape index (κ1) is 12.2. The van der Waals surface area contributed by atoms with Gasteiger partial charge in [0.15, 0.2) is 0 Å². The minimum Gasteiger partial charge on any atom is -0.389 e. The first-order valence-electron chi connectivity index (χ1n) is 4.57. The van der Waals surface area contributed by atoms with Gasteiger partial charge in [-0.1, -0.05) is 0 Å². The largest absolute Gasteiger partial charge is 0.389 e. The van der Waals surface area contributed by atoms with Gasteiger partial charge in [0, 0.05) is 12.6 Å². The Morgan fingerprint density at radius 3 is 2.81 bits per heavy atom. The van der Waals surface area contributed by atoms with Crippen LogP contribution < -0.4 is 11.1 Å². The normalized spacial score (nSPS) is 11.2. The molecule has 0 fully saturated rings. The van der Waals surface area contributed by atoms with Crippen molar-refractivity contribution < 1.29 is 14.7 Å². The first-order valence-corrected chi connectivity index (χ1v) is 4.57. The van der Waals surface area contributed by atoms with Crippen molar-refractivity contribution in [1.82, 2.24) is 15.1 Å². The van der Waals surface area contributed by atoms with Gasteiger partial charge in [0.25, 0.3) is 5.91 Å². The van der Waals surface area contributed by atoms with Crippen LogP contribution in [0.5, 0.6) is 0 Å². The molecule has 0 aliphatic heterocycles. The number of hydrogen-bond acceptors (Lipinski definition) is 4. The molecule has 0 spiro atoms. The molecule has 7 heteroatoms. The minimum atomic E-state index is -1.03. The van der Waals surface area contributed by atoms with Crippen LogP contribution >= 0.6 is 0 Å². The molecular weight excluding hydrogens is 212 g/mol. The molecule has 87 valence electrons. The van der Waals surface area contributed by atoms with Crippen LogP contribution in [-0.2, 0) is 0 Å². The van der Waals surface area contributed by atoms with Crippen LogP contribution in [0.25, 0.3) is 0 Å². The second-order valence-corrected chi connectivity index (χ2v) is 3.88. The SMILES string of the molecule is CC(C)(O)CNC(=O)c1[c]cnn1C(N)=O. The quantitative estimate of drug-likeness (QED) is 0.619. The maximum atomic E-state index is 11.6. The second-order valence-electron chi connectivity index (χ2n) is 3.88. The maximum absolute atomic E-state index is 11.6. The van der Waals surface area contributed by atoms with Gasteiger partial charge in [-0.3, -0.25) is 4.79 Å². The smallest absolute Gasteiger partial charge is 0.340 e. The predicted octanol–water partition coefficient (Wildman–Crippen LogP) is -0.889. The molecule has 4 N–H and O–H groups in total. The van der Waals surface area contributed by atoms with Crippen molar-refractivity contribution in [3.8, 4) is 0 Å². The molecule has 0 aliphatic carbocycles. The van der Waals surface area contributed by atoms with Crippen molar-refractivity contribution in [2.75, 3.05) is 6.54 Å². The summed E-state index contributed by atoms with van der Waals surface area (Å²) in [4.78, 5) is 22.4. The molecule has 2 amide bonds. The van der Waals surface area contributed by atoms with Crippen LogP contribution in [0, 0.1) is 6.07 Å². The first-order chi connectivity index (χ1) is 7.31. The van der Waals surface area contributed by atoms with Crippen LogP contribution in [0.4, 0.5) is 4.79 Å². The van der Waals surface area contributed by atoms with Crippen molar-refractivity contribution >= 4 is 11.9 Å². The maximum Gasteiger partial charge on any atom is 0.340 e. The molecule has 1 aromatic heterocycles. The van der Waals surface area contributed by atoms with E-state index in [1.54, 1.807) is 13.8 Å². The Hall–Kier alpha value is -1.89. The molecule has 0 aliphatic rings. The third-order valence-corrected chi connectivity index (χ3v) is 1.69. The zero-order valence-corrected chi connectivity index (χ0v) is 9.02. The van der Waals surface area contributed by atoms with Gasteiger partial charge in [0.05, 0.1) is 11.8 Å². The van der Waals surface area contributed by atoms with Crippen LogP contribution in [0.2, 0.25) is 0 Å². The minimum absolute atomic E-state index is 0.0453. The zero-order chi connectivity index (χ0) is 12.3. The molecular formula is C9H13N4O3. The molecule has 0 aromatic carbocycles. The van der Waals surface area contributed by atoms with Crippen LogP contribution in [-0.4, -0.2) is 39.0 Å². The van der Waals surface area contributed by atoms with Crippen LogP contribution in [0.15, 0.2) is 6.20 Å². The third-order valence-electron chi connectivity index (χ3n) is 1.69. The van der Waals surface area contributed by atoms with E-state index in [0.29, 0.717) is 0 Å². The molecule has 0 atom stereocenters. The summed E-state index contributed by atoms with van der Waals surface area (Å²) in [6.07, 6.45) is 1.17. The molecule has 1 heterocycles. The molecule has 0 saturated heterocycles. The number of nitrogens with one attached hydrogen (secondary N) is 1. The van der Waals surface area contributed by atoms with Crippen molar-refractivity contribution in [2.45, 2.75) is 19.4 Å². The van der Waals surface area contributed by atoms with Gasteiger partial charge in [0.2, 0.25) is 0 Å². The van der Waals surface area contributed by atoms with Gasteiger partial charge in [-0.05, 0) is 13.8 Å². The number of aromatic nitrogens is 2. The standard InChI is InChI=1S/C9H13N4O3/c1-9(2,16)5-11-7(14)6-3-4-12-13(6)8(10)15/h4,16H,5H2,1-2H3,(H2,10,15)(H,11,14). The monoisotopic (exact) mass is 225 g/mol. The van der Waals surface area contributed by atoms with E-state index >= 15 is 0 Å². The van der Waals surface area contributed by atoms with E-state index < -0.39 is 17.5 Å². The number of carbonyl (C=O) groups is 2. The fourth-order valence-corrected chi connectivity index (χ4v) is 0.976.